The van der Waals surface area contributed by atoms with Crippen LogP contribution in [0.15, 0.2) is 24.5 Å². The SMILES string of the molecule is C[C@@H]1CNc2c(C(=O)Nc3c(Cl)c[n+]([O-])cc3Cl)ccc(OC(F)F)c2O1. The Balaban J connectivity index is 1.97. The molecule has 1 amide bonds. The molecule has 2 heterocycles. The maximum atomic E-state index is 12.7. The lowest BCUT2D eigenvalue weighted by atomic mass is 10.1. The minimum absolute atomic E-state index is 0.00403. The normalized spacial score (nSPS) is 15.6. The fraction of sp³-hybridized carbons (Fsp3) is 0.250. The highest BCUT2D eigenvalue weighted by Gasteiger charge is 2.27. The number of hydrogen-bond acceptors (Lipinski definition) is 5. The highest BCUT2D eigenvalue weighted by molar-refractivity contribution is 6.39. The first-order chi connectivity index (χ1) is 12.8. The second-order valence-corrected chi connectivity index (χ2v) is 6.46. The Hall–Kier alpha value is -2.52. The number of carbonyl (C=O) groups excluding carboxylic acids is 1. The summed E-state index contributed by atoms with van der Waals surface area (Å²) in [6.45, 7) is -0.958. The lowest BCUT2D eigenvalue weighted by Crippen LogP contribution is -2.30. The van der Waals surface area contributed by atoms with Crippen molar-refractivity contribution < 1.29 is 27.8 Å². The molecule has 0 saturated heterocycles. The largest absolute Gasteiger partial charge is 0.619 e. The molecule has 0 bridgehead atoms. The molecule has 1 aromatic carbocycles. The van der Waals surface area contributed by atoms with Gasteiger partial charge >= 0.3 is 6.61 Å². The summed E-state index contributed by atoms with van der Waals surface area (Å²) in [5, 5.41) is 16.7. The van der Waals surface area contributed by atoms with E-state index in [1.54, 1.807) is 6.92 Å². The maximum Gasteiger partial charge on any atom is 0.387 e. The lowest BCUT2D eigenvalue weighted by Gasteiger charge is -2.28. The van der Waals surface area contributed by atoms with Crippen LogP contribution in [0.5, 0.6) is 11.5 Å². The van der Waals surface area contributed by atoms with Gasteiger partial charge < -0.3 is 25.3 Å². The third-order valence-corrected chi connectivity index (χ3v) is 4.24. The van der Waals surface area contributed by atoms with Crippen molar-refractivity contribution in [3.63, 3.8) is 0 Å². The second-order valence-electron chi connectivity index (χ2n) is 5.65. The van der Waals surface area contributed by atoms with Crippen molar-refractivity contribution in [3.8, 4) is 11.5 Å². The predicted octanol–water partition coefficient (Wildman–Crippen LogP) is 3.67. The van der Waals surface area contributed by atoms with Gasteiger partial charge in [-0.1, -0.05) is 23.2 Å². The Labute approximate surface area is 162 Å². The number of nitrogens with one attached hydrogen (secondary N) is 2. The molecule has 0 aliphatic carbocycles. The molecule has 1 aromatic heterocycles. The van der Waals surface area contributed by atoms with Crippen LogP contribution in [-0.4, -0.2) is 25.2 Å². The van der Waals surface area contributed by atoms with Gasteiger partial charge in [0.1, 0.15) is 16.1 Å². The monoisotopic (exact) mass is 419 g/mol. The standard InChI is InChI=1S/C16H13Cl2F2N3O4/c1-7-4-21-12-8(2-3-11(14(12)26-7)27-16(19)20)15(24)22-13-9(17)5-23(25)6-10(13)18/h2-3,5-7,16,21H,4H2,1H3,(H,22,24)/t7-/m1/s1. The number of fused-ring (bicyclic) bond motifs is 1. The van der Waals surface area contributed by atoms with E-state index in [1.165, 1.54) is 12.1 Å². The van der Waals surface area contributed by atoms with Crippen molar-refractivity contribution in [2.75, 3.05) is 17.2 Å². The number of hydrogen-bond donors (Lipinski definition) is 2. The van der Waals surface area contributed by atoms with Gasteiger partial charge in [-0.25, -0.2) is 0 Å². The van der Waals surface area contributed by atoms with Crippen LogP contribution >= 0.6 is 23.2 Å². The van der Waals surface area contributed by atoms with Crippen molar-refractivity contribution in [2.45, 2.75) is 19.6 Å². The number of alkyl halides is 2. The second kappa shape index (κ2) is 7.61. The van der Waals surface area contributed by atoms with E-state index in [2.05, 4.69) is 15.4 Å². The molecule has 2 aromatic rings. The molecular formula is C16H13Cl2F2N3O4. The van der Waals surface area contributed by atoms with Crippen LogP contribution in [0.2, 0.25) is 10.0 Å². The zero-order chi connectivity index (χ0) is 19.7. The topological polar surface area (TPSA) is 86.5 Å². The van der Waals surface area contributed by atoms with Gasteiger partial charge in [0.05, 0.1) is 23.5 Å². The molecule has 0 fully saturated rings. The third-order valence-electron chi connectivity index (χ3n) is 3.66. The molecular weight excluding hydrogens is 407 g/mol. The number of rotatable bonds is 4. The molecule has 0 unspecified atom stereocenters. The summed E-state index contributed by atoms with van der Waals surface area (Å²) in [5.41, 5.74) is 0.345. The van der Waals surface area contributed by atoms with Gasteiger partial charge in [-0.05, 0) is 19.1 Å². The van der Waals surface area contributed by atoms with Gasteiger partial charge in [-0.3, -0.25) is 4.79 Å². The number of nitrogens with zero attached hydrogens (tertiary/aromatic N) is 1. The summed E-state index contributed by atoms with van der Waals surface area (Å²) in [4.78, 5) is 12.7. The third kappa shape index (κ3) is 4.09. The smallest absolute Gasteiger partial charge is 0.387 e. The fourth-order valence-corrected chi connectivity index (χ4v) is 3.07. The molecule has 2 N–H and O–H groups in total. The summed E-state index contributed by atoms with van der Waals surface area (Å²) in [6, 6.07) is 2.51. The summed E-state index contributed by atoms with van der Waals surface area (Å²) in [6.07, 6.45) is 1.74. The quantitative estimate of drug-likeness (QED) is 0.583. The van der Waals surface area contributed by atoms with Crippen LogP contribution in [0.25, 0.3) is 0 Å². The highest BCUT2D eigenvalue weighted by Crippen LogP contribution is 2.42. The molecule has 1 aliphatic heterocycles. The molecule has 0 spiro atoms. The number of amides is 1. The van der Waals surface area contributed by atoms with E-state index in [-0.39, 0.29) is 44.6 Å². The van der Waals surface area contributed by atoms with E-state index >= 15 is 0 Å². The Morgan fingerprint density at radius 3 is 2.70 bits per heavy atom. The van der Waals surface area contributed by atoms with E-state index in [9.17, 15) is 18.8 Å². The summed E-state index contributed by atoms with van der Waals surface area (Å²) < 4.78 is 35.7. The number of anilines is 2. The molecule has 144 valence electrons. The van der Waals surface area contributed by atoms with Crippen LogP contribution in [0.1, 0.15) is 17.3 Å². The Morgan fingerprint density at radius 1 is 1.41 bits per heavy atom. The van der Waals surface area contributed by atoms with Crippen LogP contribution in [0, 0.1) is 5.21 Å². The number of halogens is 4. The first kappa shape index (κ1) is 19.2. The van der Waals surface area contributed by atoms with Crippen LogP contribution in [0.3, 0.4) is 0 Å². The molecule has 1 aliphatic rings. The molecule has 3 rings (SSSR count). The number of ether oxygens (including phenoxy) is 2. The highest BCUT2D eigenvalue weighted by atomic mass is 35.5. The average Bonchev–Trinajstić information content (AvgIpc) is 2.57. The van der Waals surface area contributed by atoms with Crippen LogP contribution in [-0.2, 0) is 0 Å². The van der Waals surface area contributed by atoms with Crippen molar-refractivity contribution in [2.24, 2.45) is 0 Å². The molecule has 0 saturated carbocycles. The van der Waals surface area contributed by atoms with Gasteiger partial charge in [-0.15, -0.1) is 0 Å². The number of carbonyl (C=O) groups is 1. The van der Waals surface area contributed by atoms with Crippen molar-refractivity contribution in [1.82, 2.24) is 0 Å². The minimum Gasteiger partial charge on any atom is -0.619 e. The minimum atomic E-state index is -3.05. The Kier molecular flexibility index (Phi) is 5.43. The molecule has 7 nitrogen and oxygen atoms in total. The summed E-state index contributed by atoms with van der Waals surface area (Å²) in [7, 11) is 0. The zero-order valence-corrected chi connectivity index (χ0v) is 15.3. The average molecular weight is 420 g/mol. The Morgan fingerprint density at radius 2 is 2.07 bits per heavy atom. The summed E-state index contributed by atoms with van der Waals surface area (Å²) >= 11 is 11.9. The maximum absolute atomic E-state index is 12.7. The predicted molar refractivity (Wildman–Crippen MR) is 95.0 cm³/mol. The summed E-state index contributed by atoms with van der Waals surface area (Å²) in [5.74, 6) is -0.823. The van der Waals surface area contributed by atoms with Gasteiger partial charge in [-0.2, -0.15) is 13.5 Å². The van der Waals surface area contributed by atoms with Crippen LogP contribution in [0.4, 0.5) is 20.2 Å². The zero-order valence-electron chi connectivity index (χ0n) is 13.8. The van der Waals surface area contributed by atoms with Crippen LogP contribution < -0.4 is 24.8 Å². The Bertz CT molecular complexity index is 875. The molecule has 1 atom stereocenters. The van der Waals surface area contributed by atoms with Crippen molar-refractivity contribution in [3.05, 3.63) is 45.3 Å². The molecule has 11 heteroatoms. The van der Waals surface area contributed by atoms with Gasteiger partial charge in [0.15, 0.2) is 11.5 Å². The number of aromatic nitrogens is 1. The van der Waals surface area contributed by atoms with Crippen molar-refractivity contribution in [1.29, 1.82) is 0 Å². The van der Waals surface area contributed by atoms with E-state index in [4.69, 9.17) is 27.9 Å². The van der Waals surface area contributed by atoms with Gasteiger partial charge in [0, 0.05) is 0 Å². The van der Waals surface area contributed by atoms with E-state index in [0.717, 1.165) is 12.4 Å². The fourth-order valence-electron chi connectivity index (χ4n) is 2.53. The van der Waals surface area contributed by atoms with Crippen molar-refractivity contribution >= 4 is 40.5 Å². The first-order valence-electron chi connectivity index (χ1n) is 7.67. The molecule has 27 heavy (non-hydrogen) atoms. The molecule has 0 radical (unpaired) electrons. The van der Waals surface area contributed by atoms with Gasteiger partial charge in [0.2, 0.25) is 12.4 Å². The van der Waals surface area contributed by atoms with E-state index in [0.29, 0.717) is 11.3 Å². The van der Waals surface area contributed by atoms with E-state index < -0.39 is 12.5 Å². The van der Waals surface area contributed by atoms with E-state index in [1.807, 2.05) is 0 Å². The number of benzene rings is 1. The lowest BCUT2D eigenvalue weighted by molar-refractivity contribution is -0.605. The van der Waals surface area contributed by atoms with Gasteiger partial charge in [0.25, 0.3) is 5.91 Å². The number of pyridine rings is 1. The first-order valence-corrected chi connectivity index (χ1v) is 8.43.